The van der Waals surface area contributed by atoms with Crippen LogP contribution in [0, 0.1) is 10.1 Å². The molecule has 1 aliphatic rings. The normalized spacial score (nSPS) is 15.3. The summed E-state index contributed by atoms with van der Waals surface area (Å²) in [4.78, 5) is 24.5. The maximum absolute atomic E-state index is 12.9. The van der Waals surface area contributed by atoms with E-state index in [0.717, 1.165) is 6.07 Å². The second-order valence-electron chi connectivity index (χ2n) is 6.19. The molecule has 1 fully saturated rings. The van der Waals surface area contributed by atoms with Crippen LogP contribution in [0.4, 0.5) is 5.69 Å². The second kappa shape index (κ2) is 8.45. The third-order valence-corrected chi connectivity index (χ3v) is 7.27. The lowest BCUT2D eigenvalue weighted by atomic mass is 10.1. The summed E-state index contributed by atoms with van der Waals surface area (Å²) in [6.45, 7) is 0.155. The Morgan fingerprint density at radius 1 is 0.966 bits per heavy atom. The lowest BCUT2D eigenvalue weighted by Crippen LogP contribution is -2.50. The number of hydrogen-bond acceptors (Lipinski definition) is 5. The van der Waals surface area contributed by atoms with E-state index >= 15 is 0 Å². The Balaban J connectivity index is 1.78. The van der Waals surface area contributed by atoms with E-state index < -0.39 is 26.5 Å². The summed E-state index contributed by atoms with van der Waals surface area (Å²) in [6.07, 6.45) is 0. The van der Waals surface area contributed by atoms with Gasteiger partial charge < -0.3 is 4.90 Å². The fourth-order valence-corrected chi connectivity index (χ4v) is 5.28. The van der Waals surface area contributed by atoms with Crippen molar-refractivity contribution < 1.29 is 18.1 Å². The SMILES string of the molecule is O=C(c1ccc(Cl)cc1[N+](=O)[O-])N1CCN(S(=O)(=O)c2cc(Cl)ccc2Cl)CC1. The summed E-state index contributed by atoms with van der Waals surface area (Å²) in [5, 5.41) is 11.6. The number of halogens is 3. The summed E-state index contributed by atoms with van der Waals surface area (Å²) in [5.41, 5.74) is -0.503. The molecule has 0 unspecified atom stereocenters. The van der Waals surface area contributed by atoms with E-state index in [1.54, 1.807) is 0 Å². The summed E-state index contributed by atoms with van der Waals surface area (Å²) >= 11 is 17.7. The first-order valence-electron chi connectivity index (χ1n) is 8.29. The molecule has 0 spiro atoms. The van der Waals surface area contributed by atoms with Crippen molar-refractivity contribution in [2.75, 3.05) is 26.2 Å². The average Bonchev–Trinajstić information content (AvgIpc) is 2.69. The van der Waals surface area contributed by atoms with Gasteiger partial charge in [-0.2, -0.15) is 4.31 Å². The van der Waals surface area contributed by atoms with Gasteiger partial charge in [0.1, 0.15) is 10.5 Å². The predicted octanol–water partition coefficient (Wildman–Crippen LogP) is 3.70. The van der Waals surface area contributed by atoms with Crippen LogP contribution < -0.4 is 0 Å². The van der Waals surface area contributed by atoms with Gasteiger partial charge in [0.25, 0.3) is 11.6 Å². The lowest BCUT2D eigenvalue weighted by Gasteiger charge is -2.34. The Labute approximate surface area is 181 Å². The largest absolute Gasteiger partial charge is 0.336 e. The van der Waals surface area contributed by atoms with Gasteiger partial charge in [-0.1, -0.05) is 34.8 Å². The molecule has 1 saturated heterocycles. The van der Waals surface area contributed by atoms with Crippen molar-refractivity contribution in [2.45, 2.75) is 4.90 Å². The van der Waals surface area contributed by atoms with Crippen molar-refractivity contribution in [3.8, 4) is 0 Å². The van der Waals surface area contributed by atoms with E-state index in [1.807, 2.05) is 0 Å². The molecule has 0 bridgehead atoms. The molecule has 0 aliphatic carbocycles. The zero-order chi connectivity index (χ0) is 21.3. The molecule has 1 heterocycles. The van der Waals surface area contributed by atoms with Crippen LogP contribution in [0.3, 0.4) is 0 Å². The van der Waals surface area contributed by atoms with E-state index in [2.05, 4.69) is 0 Å². The number of nitro groups is 1. The van der Waals surface area contributed by atoms with Crippen LogP contribution in [0.15, 0.2) is 41.3 Å². The number of piperazine rings is 1. The van der Waals surface area contributed by atoms with Gasteiger partial charge in [0.15, 0.2) is 0 Å². The Kier molecular flexibility index (Phi) is 6.35. The molecule has 2 aromatic carbocycles. The number of rotatable bonds is 4. The molecule has 8 nitrogen and oxygen atoms in total. The van der Waals surface area contributed by atoms with Gasteiger partial charge in [-0.3, -0.25) is 14.9 Å². The first-order chi connectivity index (χ1) is 13.6. The first kappa shape index (κ1) is 21.8. The second-order valence-corrected chi connectivity index (χ2v) is 9.38. The van der Waals surface area contributed by atoms with Crippen molar-refractivity contribution in [3.05, 3.63) is 67.1 Å². The first-order valence-corrected chi connectivity index (χ1v) is 10.9. The van der Waals surface area contributed by atoms with Gasteiger partial charge in [0.2, 0.25) is 10.0 Å². The van der Waals surface area contributed by atoms with Gasteiger partial charge in [-0.25, -0.2) is 8.42 Å². The number of carbonyl (C=O) groups excluding carboxylic acids is 1. The summed E-state index contributed by atoms with van der Waals surface area (Å²) in [6, 6.07) is 7.94. The van der Waals surface area contributed by atoms with E-state index in [4.69, 9.17) is 34.8 Å². The minimum Gasteiger partial charge on any atom is -0.336 e. The monoisotopic (exact) mass is 477 g/mol. The smallest absolute Gasteiger partial charge is 0.283 e. The van der Waals surface area contributed by atoms with Gasteiger partial charge in [0, 0.05) is 42.3 Å². The van der Waals surface area contributed by atoms with Crippen LogP contribution in [0.1, 0.15) is 10.4 Å². The fraction of sp³-hybridized carbons (Fsp3) is 0.235. The summed E-state index contributed by atoms with van der Waals surface area (Å²) < 4.78 is 26.9. The molecule has 0 saturated carbocycles. The van der Waals surface area contributed by atoms with Crippen molar-refractivity contribution >= 4 is 56.4 Å². The molecule has 0 atom stereocenters. The molecule has 3 rings (SSSR count). The van der Waals surface area contributed by atoms with E-state index in [-0.39, 0.29) is 51.7 Å². The van der Waals surface area contributed by atoms with Crippen molar-refractivity contribution in [1.82, 2.24) is 9.21 Å². The molecular weight excluding hydrogens is 465 g/mol. The molecule has 154 valence electrons. The molecule has 0 aromatic heterocycles. The third-order valence-electron chi connectivity index (χ3n) is 4.42. The number of benzene rings is 2. The minimum absolute atomic E-state index is 0.0122. The molecule has 29 heavy (non-hydrogen) atoms. The number of nitrogens with zero attached hydrogens (tertiary/aromatic N) is 3. The van der Waals surface area contributed by atoms with Crippen molar-refractivity contribution in [3.63, 3.8) is 0 Å². The summed E-state index contributed by atoms with van der Waals surface area (Å²) in [5.74, 6) is -0.564. The van der Waals surface area contributed by atoms with Crippen LogP contribution >= 0.6 is 34.8 Å². The van der Waals surface area contributed by atoms with E-state index in [0.29, 0.717) is 0 Å². The molecule has 12 heteroatoms. The highest BCUT2D eigenvalue weighted by molar-refractivity contribution is 7.89. The molecule has 1 amide bonds. The zero-order valence-corrected chi connectivity index (χ0v) is 17.8. The maximum Gasteiger partial charge on any atom is 0.283 e. The zero-order valence-electron chi connectivity index (χ0n) is 14.7. The van der Waals surface area contributed by atoms with Crippen LogP contribution in [-0.2, 0) is 10.0 Å². The third kappa shape index (κ3) is 4.49. The maximum atomic E-state index is 12.9. The van der Waals surface area contributed by atoms with Gasteiger partial charge in [-0.15, -0.1) is 0 Å². The predicted molar refractivity (Wildman–Crippen MR) is 109 cm³/mol. The lowest BCUT2D eigenvalue weighted by molar-refractivity contribution is -0.385. The molecular formula is C17H14Cl3N3O5S. The Hall–Kier alpha value is -1.91. The van der Waals surface area contributed by atoms with Crippen LogP contribution in [0.25, 0.3) is 0 Å². The number of sulfonamides is 1. The van der Waals surface area contributed by atoms with Gasteiger partial charge in [0.05, 0.1) is 9.95 Å². The van der Waals surface area contributed by atoms with Gasteiger partial charge >= 0.3 is 0 Å². The van der Waals surface area contributed by atoms with Crippen molar-refractivity contribution in [1.29, 1.82) is 0 Å². The van der Waals surface area contributed by atoms with E-state index in [1.165, 1.54) is 39.5 Å². The quantitative estimate of drug-likeness (QED) is 0.492. The average molecular weight is 479 g/mol. The molecule has 0 radical (unpaired) electrons. The highest BCUT2D eigenvalue weighted by Gasteiger charge is 2.33. The number of carbonyl (C=O) groups is 1. The Bertz CT molecular complexity index is 1090. The Morgan fingerprint density at radius 3 is 2.17 bits per heavy atom. The number of amides is 1. The minimum atomic E-state index is -3.90. The molecule has 0 N–H and O–H groups in total. The molecule has 2 aromatic rings. The number of hydrogen-bond donors (Lipinski definition) is 0. The standard InChI is InChI=1S/C17H14Cl3N3O5S/c18-11-1-3-13(15(9-11)23(25)26)17(24)21-5-7-22(8-6-21)29(27,28)16-10-12(19)2-4-14(16)20/h1-4,9-10H,5-8H2. The highest BCUT2D eigenvalue weighted by Crippen LogP contribution is 2.29. The van der Waals surface area contributed by atoms with E-state index in [9.17, 15) is 23.3 Å². The topological polar surface area (TPSA) is 101 Å². The fourth-order valence-electron chi connectivity index (χ4n) is 2.95. The van der Waals surface area contributed by atoms with Gasteiger partial charge in [-0.05, 0) is 30.3 Å². The van der Waals surface area contributed by atoms with Crippen LogP contribution in [0.2, 0.25) is 15.1 Å². The molecule has 1 aliphatic heterocycles. The highest BCUT2D eigenvalue weighted by atomic mass is 35.5. The Morgan fingerprint density at radius 2 is 1.55 bits per heavy atom. The summed E-state index contributed by atoms with van der Waals surface area (Å²) in [7, 11) is -3.90. The van der Waals surface area contributed by atoms with Crippen LogP contribution in [0.5, 0.6) is 0 Å². The van der Waals surface area contributed by atoms with Crippen LogP contribution in [-0.4, -0.2) is 54.6 Å². The number of nitro benzene ring substituents is 1. The van der Waals surface area contributed by atoms with Crippen molar-refractivity contribution in [2.24, 2.45) is 0 Å².